The molecule has 0 saturated carbocycles. The van der Waals surface area contributed by atoms with E-state index in [9.17, 15) is 9.50 Å². The Kier molecular flexibility index (Phi) is 7.43. The van der Waals surface area contributed by atoms with Crippen LogP contribution in [0.3, 0.4) is 0 Å². The Morgan fingerprint density at radius 3 is 2.69 bits per heavy atom. The Bertz CT molecular complexity index is 1940. The maximum atomic E-state index is 17.0. The molecule has 10 heteroatoms. The first-order chi connectivity index (χ1) is 21.8. The highest BCUT2D eigenvalue weighted by atomic mass is 19.1. The van der Waals surface area contributed by atoms with Crippen LogP contribution in [0.5, 0.6) is 11.8 Å². The van der Waals surface area contributed by atoms with Crippen molar-refractivity contribution in [2.24, 2.45) is 0 Å². The number of phenols is 1. The number of nitrogens with zero attached hydrogens (tertiary/aromatic N) is 5. The molecule has 45 heavy (non-hydrogen) atoms. The van der Waals surface area contributed by atoms with Gasteiger partial charge in [-0.15, -0.1) is 6.42 Å². The number of fused-ring (bicyclic) bond motifs is 2. The van der Waals surface area contributed by atoms with Crippen molar-refractivity contribution >= 4 is 27.5 Å². The number of halogens is 2. The van der Waals surface area contributed by atoms with E-state index in [2.05, 4.69) is 39.6 Å². The van der Waals surface area contributed by atoms with Crippen LogP contribution in [0.15, 0.2) is 24.3 Å². The van der Waals surface area contributed by atoms with Gasteiger partial charge in [0, 0.05) is 36.5 Å². The molecule has 2 aromatic carbocycles. The van der Waals surface area contributed by atoms with Crippen LogP contribution in [0.1, 0.15) is 50.3 Å². The minimum absolute atomic E-state index is 0.0261. The minimum Gasteiger partial charge on any atom is -0.508 e. The van der Waals surface area contributed by atoms with Crippen molar-refractivity contribution in [2.45, 2.75) is 50.7 Å². The largest absolute Gasteiger partial charge is 0.508 e. The Morgan fingerprint density at radius 1 is 1.13 bits per heavy atom. The van der Waals surface area contributed by atoms with E-state index in [1.807, 2.05) is 0 Å². The van der Waals surface area contributed by atoms with Crippen molar-refractivity contribution in [3.8, 4) is 47.2 Å². The van der Waals surface area contributed by atoms with E-state index in [-0.39, 0.29) is 56.8 Å². The monoisotopic (exact) mass is 609 g/mol. The first-order valence-electron chi connectivity index (χ1n) is 15.3. The number of aromatic hydroxyl groups is 1. The molecule has 3 aliphatic heterocycles. The number of aromatic nitrogens is 3. The molecule has 1 spiro atoms. The van der Waals surface area contributed by atoms with Crippen LogP contribution in [0, 0.1) is 35.8 Å². The van der Waals surface area contributed by atoms with Gasteiger partial charge in [0.1, 0.15) is 40.9 Å². The normalized spacial score (nSPS) is 21.5. The summed E-state index contributed by atoms with van der Waals surface area (Å²) in [5.41, 5.74) is -0.119. The standard InChI is InChI=1S/C35H33F2N5O3/c1-4-8-27-29-32(30(37)31(38-27)25-18-23(43)17-21-10-11-26(36)24(5-2)28(21)25)39-34(44-19-22-9-6-14-41(22)3)40-33(29)42-15-7-12-35(20-42)13-16-45-35/h2,10-11,17-18,22,43H,6-7,9,12-16,19-20H2,1,3H3/t22-,35?/m0/s1. The van der Waals surface area contributed by atoms with Gasteiger partial charge in [0.2, 0.25) is 0 Å². The van der Waals surface area contributed by atoms with Crippen LogP contribution in [-0.4, -0.2) is 76.5 Å². The molecule has 230 valence electrons. The number of terminal acetylenes is 1. The lowest BCUT2D eigenvalue weighted by Crippen LogP contribution is -2.56. The fraction of sp³-hybridized carbons (Fsp3) is 0.400. The van der Waals surface area contributed by atoms with E-state index >= 15 is 4.39 Å². The molecule has 7 rings (SSSR count). The second-order valence-corrected chi connectivity index (χ2v) is 12.1. The van der Waals surface area contributed by atoms with E-state index < -0.39 is 11.6 Å². The Balaban J connectivity index is 1.47. The molecule has 2 atom stereocenters. The highest BCUT2D eigenvalue weighted by Gasteiger charge is 2.43. The molecule has 0 amide bonds. The molecule has 8 nitrogen and oxygen atoms in total. The summed E-state index contributed by atoms with van der Waals surface area (Å²) in [4.78, 5) is 18.5. The van der Waals surface area contributed by atoms with Gasteiger partial charge in [0.05, 0.1) is 23.2 Å². The Labute approximate surface area is 260 Å². The SMILES string of the molecule is C#Cc1c(F)ccc2cc(O)cc(-c3nc(C#CC)c4c(N5CCCC6(CCO6)C5)nc(OC[C@@H]5CCCN5C)nc4c3F)c12. The van der Waals surface area contributed by atoms with E-state index in [0.29, 0.717) is 42.9 Å². The molecule has 0 radical (unpaired) electrons. The summed E-state index contributed by atoms with van der Waals surface area (Å²) >= 11 is 0. The quantitative estimate of drug-likeness (QED) is 0.301. The fourth-order valence-corrected chi connectivity index (χ4v) is 6.92. The maximum Gasteiger partial charge on any atom is 0.319 e. The molecule has 3 fully saturated rings. The maximum absolute atomic E-state index is 17.0. The predicted octanol–water partition coefficient (Wildman–Crippen LogP) is 5.41. The number of rotatable bonds is 5. The third-order valence-electron chi connectivity index (χ3n) is 9.32. The summed E-state index contributed by atoms with van der Waals surface area (Å²) in [6.07, 6.45) is 10.6. The predicted molar refractivity (Wildman–Crippen MR) is 168 cm³/mol. The zero-order valence-electron chi connectivity index (χ0n) is 25.3. The van der Waals surface area contributed by atoms with E-state index in [0.717, 1.165) is 38.6 Å². The first-order valence-corrected chi connectivity index (χ1v) is 15.3. The van der Waals surface area contributed by atoms with E-state index in [4.69, 9.17) is 25.9 Å². The van der Waals surface area contributed by atoms with Gasteiger partial charge in [-0.25, -0.2) is 13.8 Å². The number of benzene rings is 2. The third-order valence-corrected chi connectivity index (χ3v) is 9.32. The molecule has 0 aliphatic carbocycles. The van der Waals surface area contributed by atoms with Crippen molar-refractivity contribution in [3.63, 3.8) is 0 Å². The van der Waals surface area contributed by atoms with E-state index in [1.165, 1.54) is 24.3 Å². The zero-order valence-corrected chi connectivity index (χ0v) is 25.3. The summed E-state index contributed by atoms with van der Waals surface area (Å²) in [5, 5.41) is 11.7. The van der Waals surface area contributed by atoms with Crippen LogP contribution in [0.4, 0.5) is 14.6 Å². The fourth-order valence-electron chi connectivity index (χ4n) is 6.92. The number of phenolic OH excluding ortho intramolecular Hbond substituents is 1. The van der Waals surface area contributed by atoms with Gasteiger partial charge in [-0.2, -0.15) is 9.97 Å². The summed E-state index contributed by atoms with van der Waals surface area (Å²) in [6, 6.07) is 5.74. The summed E-state index contributed by atoms with van der Waals surface area (Å²) in [6.45, 7) is 5.00. The van der Waals surface area contributed by atoms with Gasteiger partial charge < -0.3 is 24.4 Å². The summed E-state index contributed by atoms with van der Waals surface area (Å²) < 4.78 is 44.1. The number of pyridine rings is 1. The van der Waals surface area contributed by atoms with Crippen LogP contribution in [-0.2, 0) is 4.74 Å². The van der Waals surface area contributed by atoms with Gasteiger partial charge in [-0.05, 0) is 75.7 Å². The Hall–Kier alpha value is -4.51. The minimum atomic E-state index is -0.774. The number of likely N-dealkylation sites (N-methyl/N-ethyl adjacent to an activating group) is 1. The molecule has 3 saturated heterocycles. The molecule has 2 aromatic heterocycles. The number of hydrogen-bond donors (Lipinski definition) is 1. The van der Waals surface area contributed by atoms with Gasteiger partial charge >= 0.3 is 6.01 Å². The van der Waals surface area contributed by atoms with Crippen LogP contribution in [0.2, 0.25) is 0 Å². The zero-order chi connectivity index (χ0) is 31.3. The van der Waals surface area contributed by atoms with Gasteiger partial charge in [-0.1, -0.05) is 17.9 Å². The average molecular weight is 610 g/mol. The third kappa shape index (κ3) is 5.08. The smallest absolute Gasteiger partial charge is 0.319 e. The number of piperidine rings is 1. The van der Waals surface area contributed by atoms with Gasteiger partial charge in [0.15, 0.2) is 5.82 Å². The molecule has 4 aromatic rings. The lowest BCUT2D eigenvalue weighted by molar-refractivity contribution is -0.151. The van der Waals surface area contributed by atoms with Crippen LogP contribution >= 0.6 is 0 Å². The lowest BCUT2D eigenvalue weighted by atomic mass is 9.85. The second-order valence-electron chi connectivity index (χ2n) is 12.1. The molecule has 3 aliphatic rings. The lowest BCUT2D eigenvalue weighted by Gasteiger charge is -2.48. The Morgan fingerprint density at radius 2 is 1.98 bits per heavy atom. The topological polar surface area (TPSA) is 83.8 Å². The summed E-state index contributed by atoms with van der Waals surface area (Å²) in [5.74, 6) is 7.23. The number of hydrogen-bond acceptors (Lipinski definition) is 8. The summed E-state index contributed by atoms with van der Waals surface area (Å²) in [7, 11) is 2.06. The second kappa shape index (κ2) is 11.4. The molecule has 0 bridgehead atoms. The van der Waals surface area contributed by atoms with Crippen molar-refractivity contribution in [1.82, 2.24) is 19.9 Å². The van der Waals surface area contributed by atoms with Crippen molar-refractivity contribution in [3.05, 3.63) is 47.2 Å². The first kappa shape index (κ1) is 29.2. The highest BCUT2D eigenvalue weighted by Crippen LogP contribution is 2.42. The average Bonchev–Trinajstić information content (AvgIpc) is 3.44. The highest BCUT2D eigenvalue weighted by molar-refractivity contribution is 6.04. The molecule has 1 unspecified atom stereocenters. The van der Waals surface area contributed by atoms with Gasteiger partial charge in [-0.3, -0.25) is 0 Å². The number of anilines is 1. The van der Waals surface area contributed by atoms with Crippen molar-refractivity contribution in [2.75, 3.05) is 44.8 Å². The van der Waals surface area contributed by atoms with Crippen molar-refractivity contribution in [1.29, 1.82) is 0 Å². The number of ether oxygens (including phenoxy) is 2. The van der Waals surface area contributed by atoms with Crippen LogP contribution < -0.4 is 9.64 Å². The van der Waals surface area contributed by atoms with Crippen LogP contribution in [0.25, 0.3) is 32.9 Å². The molecular weight excluding hydrogens is 576 g/mol. The molecular formula is C35H33F2N5O3. The van der Waals surface area contributed by atoms with Gasteiger partial charge in [0.25, 0.3) is 0 Å². The van der Waals surface area contributed by atoms with Crippen molar-refractivity contribution < 1.29 is 23.4 Å². The van der Waals surface area contributed by atoms with E-state index in [1.54, 1.807) is 6.92 Å². The molecule has 5 heterocycles. The number of likely N-dealkylation sites (tertiary alicyclic amines) is 1. The molecule has 1 N–H and O–H groups in total.